The van der Waals surface area contributed by atoms with Gasteiger partial charge in [0.1, 0.15) is 34.6 Å². The third-order valence-corrected chi connectivity index (χ3v) is 5.25. The average molecular weight is 476 g/mol. The first-order valence-electron chi connectivity index (χ1n) is 9.81. The molecule has 2 aromatic heterocycles. The van der Waals surface area contributed by atoms with E-state index in [0.717, 1.165) is 6.07 Å². The molecule has 10 nitrogen and oxygen atoms in total. The highest BCUT2D eigenvalue weighted by molar-refractivity contribution is 6.35. The minimum absolute atomic E-state index is 0.0117. The molecule has 4 rings (SSSR count). The summed E-state index contributed by atoms with van der Waals surface area (Å²) < 4.78 is 15.8. The Bertz CT molecular complexity index is 1590. The van der Waals surface area contributed by atoms with Crippen LogP contribution in [0.5, 0.6) is 0 Å². The van der Waals surface area contributed by atoms with Gasteiger partial charge in [0, 0.05) is 13.0 Å². The Labute approximate surface area is 196 Å². The van der Waals surface area contributed by atoms with Crippen molar-refractivity contribution >= 4 is 40.1 Å². The minimum atomic E-state index is -0.702. The van der Waals surface area contributed by atoms with E-state index >= 15 is 0 Å². The molecule has 2 aromatic carbocycles. The van der Waals surface area contributed by atoms with Gasteiger partial charge < -0.3 is 16.8 Å². The molecule has 12 heteroatoms. The van der Waals surface area contributed by atoms with Crippen molar-refractivity contribution in [1.29, 1.82) is 10.5 Å². The van der Waals surface area contributed by atoms with Crippen molar-refractivity contribution in [1.82, 2.24) is 19.5 Å². The Kier molecular flexibility index (Phi) is 5.95. The summed E-state index contributed by atoms with van der Waals surface area (Å²) in [5, 5.41) is 21.5. The second-order valence-electron chi connectivity index (χ2n) is 7.06. The molecule has 5 N–H and O–H groups in total. The zero-order valence-corrected chi connectivity index (χ0v) is 18.1. The molecule has 0 unspecified atom stereocenters. The van der Waals surface area contributed by atoms with Gasteiger partial charge in [-0.2, -0.15) is 20.5 Å². The van der Waals surface area contributed by atoms with Crippen LogP contribution in [0.3, 0.4) is 0 Å². The number of nitrogens with two attached hydrogens (primary N) is 2. The Morgan fingerprint density at radius 3 is 2.65 bits per heavy atom. The number of halogens is 2. The van der Waals surface area contributed by atoms with E-state index in [1.807, 2.05) is 12.1 Å². The molecular formula is C22H15ClFN9O. The van der Waals surface area contributed by atoms with E-state index in [2.05, 4.69) is 20.3 Å². The van der Waals surface area contributed by atoms with Crippen LogP contribution < -0.4 is 22.3 Å². The van der Waals surface area contributed by atoms with Gasteiger partial charge in [0.25, 0.3) is 5.56 Å². The summed E-state index contributed by atoms with van der Waals surface area (Å²) in [6, 6.07) is 12.7. The first-order chi connectivity index (χ1) is 16.3. The smallest absolute Gasteiger partial charge is 0.267 e. The third-order valence-electron chi connectivity index (χ3n) is 4.93. The Balaban J connectivity index is 1.82. The molecule has 0 bridgehead atoms. The normalized spacial score (nSPS) is 10.6. The van der Waals surface area contributed by atoms with Crippen LogP contribution in [0.4, 0.5) is 22.0 Å². The highest BCUT2D eigenvalue weighted by Gasteiger charge is 2.18. The molecule has 0 radical (unpaired) electrons. The molecule has 168 valence electrons. The SMILES string of the molecule is N#Cc1cccc(-n2c(CCNc3nc(N)nc(N)c3C#N)nc3c(F)ccc(Cl)c3c2=O)c1. The van der Waals surface area contributed by atoms with E-state index in [1.165, 1.54) is 16.7 Å². The van der Waals surface area contributed by atoms with Crippen LogP contribution in [0.1, 0.15) is 17.0 Å². The molecule has 34 heavy (non-hydrogen) atoms. The molecule has 2 heterocycles. The predicted molar refractivity (Wildman–Crippen MR) is 125 cm³/mol. The lowest BCUT2D eigenvalue weighted by atomic mass is 10.2. The van der Waals surface area contributed by atoms with E-state index in [9.17, 15) is 19.7 Å². The number of hydrogen-bond acceptors (Lipinski definition) is 9. The number of nitrogen functional groups attached to an aromatic ring is 2. The Hall–Kier alpha value is -4.74. The lowest BCUT2D eigenvalue weighted by Gasteiger charge is -2.15. The lowest BCUT2D eigenvalue weighted by Crippen LogP contribution is -2.26. The lowest BCUT2D eigenvalue weighted by molar-refractivity contribution is 0.634. The molecule has 0 atom stereocenters. The monoisotopic (exact) mass is 475 g/mol. The summed E-state index contributed by atoms with van der Waals surface area (Å²) in [4.78, 5) is 25.5. The van der Waals surface area contributed by atoms with Crippen molar-refractivity contribution in [3.8, 4) is 17.8 Å². The maximum absolute atomic E-state index is 14.5. The number of nitriles is 2. The molecule has 0 spiro atoms. The van der Waals surface area contributed by atoms with Crippen molar-refractivity contribution in [2.75, 3.05) is 23.3 Å². The van der Waals surface area contributed by atoms with Crippen molar-refractivity contribution in [2.24, 2.45) is 0 Å². The highest BCUT2D eigenvalue weighted by Crippen LogP contribution is 2.24. The van der Waals surface area contributed by atoms with Crippen LogP contribution in [0.2, 0.25) is 5.02 Å². The van der Waals surface area contributed by atoms with E-state index < -0.39 is 11.4 Å². The second-order valence-corrected chi connectivity index (χ2v) is 7.47. The number of fused-ring (bicyclic) bond motifs is 1. The van der Waals surface area contributed by atoms with E-state index in [0.29, 0.717) is 11.3 Å². The fourth-order valence-corrected chi connectivity index (χ4v) is 3.67. The fourth-order valence-electron chi connectivity index (χ4n) is 3.44. The van der Waals surface area contributed by atoms with Crippen LogP contribution in [0, 0.1) is 28.5 Å². The van der Waals surface area contributed by atoms with Gasteiger partial charge in [0.2, 0.25) is 5.95 Å². The summed E-state index contributed by atoms with van der Waals surface area (Å²) >= 11 is 6.20. The van der Waals surface area contributed by atoms with Crippen molar-refractivity contribution < 1.29 is 4.39 Å². The first-order valence-corrected chi connectivity index (χ1v) is 10.2. The average Bonchev–Trinajstić information content (AvgIpc) is 2.81. The number of benzene rings is 2. The van der Waals surface area contributed by atoms with E-state index in [1.54, 1.807) is 18.2 Å². The molecule has 0 aliphatic carbocycles. The largest absolute Gasteiger partial charge is 0.382 e. The summed E-state index contributed by atoms with van der Waals surface area (Å²) in [7, 11) is 0. The molecule has 0 saturated carbocycles. The zero-order valence-electron chi connectivity index (χ0n) is 17.4. The fraction of sp³-hybridized carbons (Fsp3) is 0.0909. The van der Waals surface area contributed by atoms with Gasteiger partial charge in [-0.1, -0.05) is 17.7 Å². The Morgan fingerprint density at radius 2 is 1.91 bits per heavy atom. The molecule has 0 saturated heterocycles. The number of anilines is 3. The molecule has 0 aliphatic heterocycles. The Morgan fingerprint density at radius 1 is 1.12 bits per heavy atom. The zero-order chi connectivity index (χ0) is 24.4. The third kappa shape index (κ3) is 4.03. The number of aromatic nitrogens is 4. The van der Waals surface area contributed by atoms with Crippen LogP contribution >= 0.6 is 11.6 Å². The topological polar surface area (TPSA) is 172 Å². The summed E-state index contributed by atoms with van der Waals surface area (Å²) in [6.45, 7) is 0.128. The van der Waals surface area contributed by atoms with E-state index in [-0.39, 0.29) is 57.9 Å². The van der Waals surface area contributed by atoms with Crippen LogP contribution in [0.15, 0.2) is 41.2 Å². The van der Waals surface area contributed by atoms with Gasteiger partial charge in [-0.05, 0) is 30.3 Å². The molecule has 4 aromatic rings. The van der Waals surface area contributed by atoms with Crippen LogP contribution in [0.25, 0.3) is 16.6 Å². The summed E-state index contributed by atoms with van der Waals surface area (Å²) in [5.41, 5.74) is 11.3. The molecular weight excluding hydrogens is 461 g/mol. The highest BCUT2D eigenvalue weighted by atomic mass is 35.5. The maximum Gasteiger partial charge on any atom is 0.267 e. The van der Waals surface area contributed by atoms with Crippen molar-refractivity contribution in [3.05, 3.63) is 74.5 Å². The number of hydrogen-bond donors (Lipinski definition) is 3. The van der Waals surface area contributed by atoms with Gasteiger partial charge in [-0.25, -0.2) is 9.37 Å². The second kappa shape index (κ2) is 9.02. The quantitative estimate of drug-likeness (QED) is 0.392. The molecule has 0 amide bonds. The van der Waals surface area contributed by atoms with Crippen LogP contribution in [-0.4, -0.2) is 26.1 Å². The molecule has 0 fully saturated rings. The van der Waals surface area contributed by atoms with Gasteiger partial charge in [0.05, 0.1) is 27.7 Å². The summed E-state index contributed by atoms with van der Waals surface area (Å²) in [6.07, 6.45) is 0.0998. The summed E-state index contributed by atoms with van der Waals surface area (Å²) in [5.74, 6) is -0.600. The first kappa shape index (κ1) is 22.5. The minimum Gasteiger partial charge on any atom is -0.382 e. The van der Waals surface area contributed by atoms with E-state index in [4.69, 9.17) is 23.1 Å². The van der Waals surface area contributed by atoms with Gasteiger partial charge in [0.15, 0.2) is 5.82 Å². The number of rotatable bonds is 5. The predicted octanol–water partition coefficient (Wildman–Crippen LogP) is 2.53. The van der Waals surface area contributed by atoms with Gasteiger partial charge >= 0.3 is 0 Å². The maximum atomic E-state index is 14.5. The van der Waals surface area contributed by atoms with Gasteiger partial charge in [-0.15, -0.1) is 0 Å². The molecule has 0 aliphatic rings. The van der Waals surface area contributed by atoms with Gasteiger partial charge in [-0.3, -0.25) is 9.36 Å². The standard InChI is InChI=1S/C22H15ClFN9O/c23-14-4-5-15(24)18-17(14)21(34)33(12-3-1-2-11(8-12)9-25)16(30-18)6-7-29-20-13(10-26)19(27)31-22(28)32-20/h1-5,8H,6-7H2,(H5,27,28,29,31,32). The van der Waals surface area contributed by atoms with Crippen LogP contribution in [-0.2, 0) is 6.42 Å². The number of nitrogens with one attached hydrogen (secondary N) is 1. The van der Waals surface area contributed by atoms with Crippen molar-refractivity contribution in [2.45, 2.75) is 6.42 Å². The number of nitrogens with zero attached hydrogens (tertiary/aromatic N) is 6. The van der Waals surface area contributed by atoms with Crippen molar-refractivity contribution in [3.63, 3.8) is 0 Å².